The largest absolute Gasteiger partial charge is 0.478 e. The Morgan fingerprint density at radius 2 is 1.81 bits per heavy atom. The molecule has 2 aromatic heterocycles. The highest BCUT2D eigenvalue weighted by Crippen LogP contribution is 2.45. The molecule has 4 aromatic rings. The van der Waals surface area contributed by atoms with Gasteiger partial charge in [-0.3, -0.25) is 4.98 Å². The maximum absolute atomic E-state index is 11.6. The molecule has 7 nitrogen and oxygen atoms in total. The van der Waals surface area contributed by atoms with Gasteiger partial charge < -0.3 is 24.6 Å². The summed E-state index contributed by atoms with van der Waals surface area (Å²) >= 11 is 19.3. The lowest BCUT2D eigenvalue weighted by molar-refractivity contribution is 0.0697. The van der Waals surface area contributed by atoms with Gasteiger partial charge in [0, 0.05) is 30.5 Å². The van der Waals surface area contributed by atoms with Crippen molar-refractivity contribution in [3.63, 3.8) is 0 Å². The third-order valence-electron chi connectivity index (χ3n) is 7.91. The van der Waals surface area contributed by atoms with E-state index < -0.39 is 12.0 Å². The van der Waals surface area contributed by atoms with Crippen LogP contribution >= 0.6 is 35.4 Å². The number of carboxylic acid groups (broad SMARTS) is 1. The van der Waals surface area contributed by atoms with E-state index in [1.54, 1.807) is 18.3 Å². The Bertz CT molecular complexity index is 1640. The van der Waals surface area contributed by atoms with Crippen molar-refractivity contribution in [2.24, 2.45) is 11.8 Å². The molecule has 4 atom stereocenters. The minimum absolute atomic E-state index is 0.122. The molecule has 2 N–H and O–H groups in total. The molecule has 2 aliphatic heterocycles. The quantitative estimate of drug-likeness (QED) is 0.210. The molecule has 0 aliphatic carbocycles. The van der Waals surface area contributed by atoms with E-state index in [9.17, 15) is 9.90 Å². The van der Waals surface area contributed by atoms with Crippen LogP contribution < -0.4 is 15.1 Å². The monoisotopic (exact) mass is 620 g/mol. The number of benzene rings is 2. The van der Waals surface area contributed by atoms with Gasteiger partial charge in [0.05, 0.1) is 33.0 Å². The van der Waals surface area contributed by atoms with E-state index in [1.807, 2.05) is 41.3 Å². The zero-order valence-electron chi connectivity index (χ0n) is 23.1. The first kappa shape index (κ1) is 28.5. The number of anilines is 2. The topological polar surface area (TPSA) is 81.8 Å². The third-order valence-corrected chi connectivity index (χ3v) is 8.86. The lowest BCUT2D eigenvalue weighted by Gasteiger charge is -2.37. The van der Waals surface area contributed by atoms with Gasteiger partial charge >= 0.3 is 5.97 Å². The molecule has 4 heterocycles. The van der Waals surface area contributed by atoms with Crippen LogP contribution in [0.3, 0.4) is 0 Å². The lowest BCUT2D eigenvalue weighted by atomic mass is 9.91. The van der Waals surface area contributed by atoms with Gasteiger partial charge in [-0.15, -0.1) is 0 Å². The zero-order chi connectivity index (χ0) is 29.5. The summed E-state index contributed by atoms with van der Waals surface area (Å²) in [5.74, 6) is 1.23. The van der Waals surface area contributed by atoms with Gasteiger partial charge in [-0.05, 0) is 91.1 Å². The first-order valence-corrected chi connectivity index (χ1v) is 15.0. The molecule has 6 rings (SSSR count). The van der Waals surface area contributed by atoms with Crippen LogP contribution in [0.4, 0.5) is 11.4 Å². The average molecular weight is 622 g/mol. The van der Waals surface area contributed by atoms with Gasteiger partial charge in [0.15, 0.2) is 5.11 Å². The molecule has 2 aromatic carbocycles. The Kier molecular flexibility index (Phi) is 7.87. The van der Waals surface area contributed by atoms with Crippen molar-refractivity contribution in [3.8, 4) is 11.3 Å². The zero-order valence-corrected chi connectivity index (χ0v) is 25.5. The Morgan fingerprint density at radius 3 is 2.50 bits per heavy atom. The van der Waals surface area contributed by atoms with Gasteiger partial charge in [-0.2, -0.15) is 0 Å². The standard InChI is InChI=1S/C32H30Cl2N4O3S/c1-18-13-19(2)17-37(16-18)26-9-7-21(15-24(26)34)38-30(29(36-32(38)42)25-5-3-4-12-35-25)28-11-10-27(41-28)22-14-20(31(39)40)6-8-23(22)33/h3-12,14-15,18-19,29-30H,13,16-17H2,1-2H3,(H,36,42)(H,39,40)/t18-,19-,29-,30-/m0/s1. The predicted octanol–water partition coefficient (Wildman–Crippen LogP) is 8.01. The summed E-state index contributed by atoms with van der Waals surface area (Å²) in [6.07, 6.45) is 2.96. The number of carboxylic acids is 1. The van der Waals surface area contributed by atoms with Gasteiger partial charge in [-0.1, -0.05) is 43.1 Å². The van der Waals surface area contributed by atoms with Crippen molar-refractivity contribution in [2.45, 2.75) is 32.4 Å². The number of pyridine rings is 1. The van der Waals surface area contributed by atoms with Crippen LogP contribution in [-0.4, -0.2) is 34.3 Å². The highest BCUT2D eigenvalue weighted by atomic mass is 35.5. The fourth-order valence-electron chi connectivity index (χ4n) is 6.19. The Hall–Kier alpha value is -3.59. The minimum Gasteiger partial charge on any atom is -0.478 e. The Balaban J connectivity index is 1.40. The smallest absolute Gasteiger partial charge is 0.335 e. The summed E-state index contributed by atoms with van der Waals surface area (Å²) in [5.41, 5.74) is 3.26. The first-order valence-electron chi connectivity index (χ1n) is 13.9. The molecule has 216 valence electrons. The Morgan fingerprint density at radius 1 is 1.02 bits per heavy atom. The first-order chi connectivity index (χ1) is 20.2. The van der Waals surface area contributed by atoms with Crippen molar-refractivity contribution in [2.75, 3.05) is 22.9 Å². The molecule has 0 unspecified atom stereocenters. The predicted molar refractivity (Wildman–Crippen MR) is 171 cm³/mol. The number of aromatic carboxylic acids is 1. The van der Waals surface area contributed by atoms with E-state index >= 15 is 0 Å². The number of aromatic nitrogens is 1. The number of hydrogen-bond acceptors (Lipinski definition) is 5. The molecule has 2 saturated heterocycles. The van der Waals surface area contributed by atoms with Crippen molar-refractivity contribution < 1.29 is 14.3 Å². The summed E-state index contributed by atoms with van der Waals surface area (Å²) in [6.45, 7) is 6.51. The number of nitrogens with one attached hydrogen (secondary N) is 1. The number of piperidine rings is 1. The summed E-state index contributed by atoms with van der Waals surface area (Å²) in [6, 6.07) is 19.3. The van der Waals surface area contributed by atoms with Crippen LogP contribution in [0.25, 0.3) is 11.3 Å². The van der Waals surface area contributed by atoms with Crippen LogP contribution in [0.2, 0.25) is 10.0 Å². The highest BCUT2D eigenvalue weighted by molar-refractivity contribution is 7.80. The summed E-state index contributed by atoms with van der Waals surface area (Å²) in [7, 11) is 0. The van der Waals surface area contributed by atoms with Crippen LogP contribution in [-0.2, 0) is 0 Å². The molecular formula is C32H30Cl2N4O3S. The van der Waals surface area contributed by atoms with E-state index in [0.717, 1.165) is 30.2 Å². The molecule has 42 heavy (non-hydrogen) atoms. The van der Waals surface area contributed by atoms with Gasteiger partial charge in [0.1, 0.15) is 17.6 Å². The van der Waals surface area contributed by atoms with Crippen LogP contribution in [0.5, 0.6) is 0 Å². The van der Waals surface area contributed by atoms with Crippen LogP contribution in [0, 0.1) is 11.8 Å². The SMILES string of the molecule is C[C@H]1C[C@H](C)CN(c2ccc(N3C(=S)N[C@@H](c4ccccn4)[C@@H]3c3ccc(-c4cc(C(=O)O)ccc4Cl)o3)cc2Cl)C1. The summed E-state index contributed by atoms with van der Waals surface area (Å²) < 4.78 is 6.41. The van der Waals surface area contributed by atoms with E-state index in [1.165, 1.54) is 18.6 Å². The number of nitrogens with zero attached hydrogens (tertiary/aromatic N) is 3. The van der Waals surface area contributed by atoms with E-state index in [4.69, 9.17) is 39.8 Å². The second kappa shape index (κ2) is 11.6. The molecule has 2 aliphatic rings. The fraction of sp³-hybridized carbons (Fsp3) is 0.281. The second-order valence-corrected chi connectivity index (χ2v) is 12.4. The molecule has 0 spiro atoms. The molecule has 2 fully saturated rings. The summed E-state index contributed by atoms with van der Waals surface area (Å²) in [4.78, 5) is 20.6. The van der Waals surface area contributed by atoms with E-state index in [0.29, 0.717) is 44.1 Å². The van der Waals surface area contributed by atoms with Crippen molar-refractivity contribution >= 4 is 57.9 Å². The molecule has 0 amide bonds. The molecular weight excluding hydrogens is 591 g/mol. The number of thiocarbonyl (C=S) groups is 1. The van der Waals surface area contributed by atoms with Crippen LogP contribution in [0.15, 0.2) is 77.3 Å². The van der Waals surface area contributed by atoms with Crippen molar-refractivity contribution in [1.29, 1.82) is 0 Å². The maximum Gasteiger partial charge on any atom is 0.335 e. The lowest BCUT2D eigenvalue weighted by Crippen LogP contribution is -2.38. The number of rotatable bonds is 6. The Labute approximate surface area is 260 Å². The number of halogens is 2. The minimum atomic E-state index is -1.04. The van der Waals surface area contributed by atoms with Crippen molar-refractivity contribution in [1.82, 2.24) is 10.3 Å². The molecule has 0 radical (unpaired) electrons. The van der Waals surface area contributed by atoms with Gasteiger partial charge in [-0.25, -0.2) is 4.79 Å². The highest BCUT2D eigenvalue weighted by Gasteiger charge is 2.43. The number of furan rings is 1. The van der Waals surface area contributed by atoms with Gasteiger partial charge in [0.25, 0.3) is 0 Å². The average Bonchev–Trinajstić information content (AvgIpc) is 3.57. The molecule has 0 bridgehead atoms. The van der Waals surface area contributed by atoms with E-state index in [2.05, 4.69) is 35.1 Å². The van der Waals surface area contributed by atoms with E-state index in [-0.39, 0.29) is 11.6 Å². The summed E-state index contributed by atoms with van der Waals surface area (Å²) in [5, 5.41) is 14.5. The maximum atomic E-state index is 11.6. The fourth-order valence-corrected chi connectivity index (χ4v) is 7.04. The van der Waals surface area contributed by atoms with Crippen LogP contribution in [0.1, 0.15) is 54.2 Å². The molecule has 0 saturated carbocycles. The third kappa shape index (κ3) is 5.46. The van der Waals surface area contributed by atoms with Crippen molar-refractivity contribution in [3.05, 3.63) is 100.0 Å². The molecule has 10 heteroatoms. The van der Waals surface area contributed by atoms with Gasteiger partial charge in [0.2, 0.25) is 0 Å². The second-order valence-electron chi connectivity index (χ2n) is 11.2. The number of hydrogen-bond donors (Lipinski definition) is 2. The normalized spacial score (nSPS) is 22.3. The number of carbonyl (C=O) groups is 1.